The van der Waals surface area contributed by atoms with Gasteiger partial charge in [0.1, 0.15) is 0 Å². The molecule has 0 amide bonds. The fraction of sp³-hybridized carbons (Fsp3) is 0.562. The highest BCUT2D eigenvalue weighted by atomic mass is 16.5. The fourth-order valence-corrected chi connectivity index (χ4v) is 2.73. The summed E-state index contributed by atoms with van der Waals surface area (Å²) in [4.78, 5) is 2.36. The van der Waals surface area contributed by atoms with Crippen molar-refractivity contribution in [1.29, 1.82) is 5.26 Å². The number of nitriles is 1. The second-order valence-corrected chi connectivity index (χ2v) is 5.39. The SMILES string of the molecule is COC1CN(CC(C#N)c2ccccc2)CCC1C. The third-order valence-corrected chi connectivity index (χ3v) is 4.07. The summed E-state index contributed by atoms with van der Waals surface area (Å²) in [5.74, 6) is 0.561. The Labute approximate surface area is 115 Å². The lowest BCUT2D eigenvalue weighted by Crippen LogP contribution is -2.45. The Balaban J connectivity index is 1.98. The standard InChI is InChI=1S/C16H22N2O/c1-13-8-9-18(12-16(13)19-2)11-15(10-17)14-6-4-3-5-7-14/h3-7,13,15-16H,8-9,11-12H2,1-2H3. The van der Waals surface area contributed by atoms with Gasteiger partial charge in [0.25, 0.3) is 0 Å². The van der Waals surface area contributed by atoms with Gasteiger partial charge in [-0.1, -0.05) is 37.3 Å². The van der Waals surface area contributed by atoms with E-state index in [2.05, 4.69) is 17.9 Å². The first-order valence-corrected chi connectivity index (χ1v) is 6.94. The molecule has 102 valence electrons. The van der Waals surface area contributed by atoms with Crippen LogP contribution in [0, 0.1) is 17.2 Å². The minimum absolute atomic E-state index is 0.0490. The smallest absolute Gasteiger partial charge is 0.0839 e. The Morgan fingerprint density at radius 1 is 1.42 bits per heavy atom. The van der Waals surface area contributed by atoms with E-state index in [4.69, 9.17) is 4.74 Å². The molecule has 0 aliphatic carbocycles. The topological polar surface area (TPSA) is 36.3 Å². The molecule has 2 rings (SSSR count). The van der Waals surface area contributed by atoms with Crippen molar-refractivity contribution in [2.45, 2.75) is 25.4 Å². The van der Waals surface area contributed by atoms with Crippen LogP contribution in [0.3, 0.4) is 0 Å². The van der Waals surface area contributed by atoms with Gasteiger partial charge in [0, 0.05) is 20.2 Å². The highest BCUT2D eigenvalue weighted by molar-refractivity contribution is 5.25. The van der Waals surface area contributed by atoms with E-state index in [1.807, 2.05) is 30.3 Å². The van der Waals surface area contributed by atoms with Crippen LogP contribution >= 0.6 is 0 Å². The summed E-state index contributed by atoms with van der Waals surface area (Å²) in [6, 6.07) is 12.5. The van der Waals surface area contributed by atoms with Crippen molar-refractivity contribution in [3.05, 3.63) is 35.9 Å². The monoisotopic (exact) mass is 258 g/mol. The van der Waals surface area contributed by atoms with Gasteiger partial charge >= 0.3 is 0 Å². The summed E-state index contributed by atoms with van der Waals surface area (Å²) in [6.07, 6.45) is 1.44. The Morgan fingerprint density at radius 2 is 2.16 bits per heavy atom. The van der Waals surface area contributed by atoms with E-state index in [1.165, 1.54) is 0 Å². The number of piperidine rings is 1. The number of benzene rings is 1. The maximum atomic E-state index is 9.38. The molecule has 0 N–H and O–H groups in total. The second-order valence-electron chi connectivity index (χ2n) is 5.39. The summed E-state index contributed by atoms with van der Waals surface area (Å²) in [5.41, 5.74) is 1.11. The highest BCUT2D eigenvalue weighted by Crippen LogP contribution is 2.23. The Morgan fingerprint density at radius 3 is 2.79 bits per heavy atom. The Kier molecular flexibility index (Phi) is 4.95. The third-order valence-electron chi connectivity index (χ3n) is 4.07. The zero-order valence-corrected chi connectivity index (χ0v) is 11.7. The molecule has 1 saturated heterocycles. The lowest BCUT2D eigenvalue weighted by Gasteiger charge is -2.37. The van der Waals surface area contributed by atoms with Gasteiger partial charge in [-0.3, -0.25) is 4.90 Å². The van der Waals surface area contributed by atoms with E-state index in [-0.39, 0.29) is 5.92 Å². The molecule has 1 aromatic rings. The van der Waals surface area contributed by atoms with Crippen molar-refractivity contribution in [2.24, 2.45) is 5.92 Å². The zero-order chi connectivity index (χ0) is 13.7. The van der Waals surface area contributed by atoms with Crippen LogP contribution in [0.2, 0.25) is 0 Å². The molecule has 0 radical (unpaired) electrons. The molecule has 3 nitrogen and oxygen atoms in total. The van der Waals surface area contributed by atoms with Crippen molar-refractivity contribution in [3.63, 3.8) is 0 Å². The van der Waals surface area contributed by atoms with Gasteiger partial charge < -0.3 is 4.74 Å². The molecule has 1 fully saturated rings. The highest BCUT2D eigenvalue weighted by Gasteiger charge is 2.27. The Hall–Kier alpha value is -1.37. The average Bonchev–Trinajstić information content (AvgIpc) is 2.47. The molecule has 3 atom stereocenters. The van der Waals surface area contributed by atoms with Crippen LogP contribution < -0.4 is 0 Å². The Bertz CT molecular complexity index is 426. The van der Waals surface area contributed by atoms with Gasteiger partial charge in [0.05, 0.1) is 18.1 Å². The number of hydrogen-bond acceptors (Lipinski definition) is 3. The minimum Gasteiger partial charge on any atom is -0.380 e. The quantitative estimate of drug-likeness (QED) is 0.833. The molecule has 3 heteroatoms. The molecule has 0 aromatic heterocycles. The minimum atomic E-state index is -0.0490. The predicted molar refractivity (Wildman–Crippen MR) is 75.8 cm³/mol. The van der Waals surface area contributed by atoms with Gasteiger partial charge in [-0.2, -0.15) is 5.26 Å². The molecule has 1 aliphatic rings. The maximum Gasteiger partial charge on any atom is 0.0839 e. The number of rotatable bonds is 4. The van der Waals surface area contributed by atoms with E-state index < -0.39 is 0 Å². The first-order valence-electron chi connectivity index (χ1n) is 6.94. The number of ether oxygens (including phenoxy) is 1. The first kappa shape index (κ1) is 14.0. The zero-order valence-electron chi connectivity index (χ0n) is 11.7. The summed E-state index contributed by atoms with van der Waals surface area (Å²) >= 11 is 0. The van der Waals surface area contributed by atoms with Gasteiger partial charge in [0.2, 0.25) is 0 Å². The predicted octanol–water partition coefficient (Wildman–Crippen LogP) is 2.65. The van der Waals surface area contributed by atoms with Crippen molar-refractivity contribution in [3.8, 4) is 6.07 Å². The number of likely N-dealkylation sites (tertiary alicyclic amines) is 1. The van der Waals surface area contributed by atoms with Crippen LogP contribution in [-0.2, 0) is 4.74 Å². The van der Waals surface area contributed by atoms with Gasteiger partial charge in [-0.25, -0.2) is 0 Å². The third kappa shape index (κ3) is 3.56. The number of nitrogens with zero attached hydrogens (tertiary/aromatic N) is 2. The first-order chi connectivity index (χ1) is 9.24. The average molecular weight is 258 g/mol. The molecule has 0 bridgehead atoms. The van der Waals surface area contributed by atoms with E-state index in [0.29, 0.717) is 12.0 Å². The lowest BCUT2D eigenvalue weighted by atomic mass is 9.93. The normalized spacial score (nSPS) is 25.7. The van der Waals surface area contributed by atoms with Crippen LogP contribution in [0.1, 0.15) is 24.8 Å². The second kappa shape index (κ2) is 6.70. The van der Waals surface area contributed by atoms with E-state index >= 15 is 0 Å². The van der Waals surface area contributed by atoms with E-state index in [0.717, 1.165) is 31.6 Å². The summed E-state index contributed by atoms with van der Waals surface area (Å²) < 4.78 is 5.53. The molecule has 1 heterocycles. The fourth-order valence-electron chi connectivity index (χ4n) is 2.73. The maximum absolute atomic E-state index is 9.38. The number of methoxy groups -OCH3 is 1. The van der Waals surface area contributed by atoms with Crippen molar-refractivity contribution >= 4 is 0 Å². The summed E-state index contributed by atoms with van der Waals surface area (Å²) in [6.45, 7) is 5.03. The van der Waals surface area contributed by atoms with Gasteiger partial charge in [-0.15, -0.1) is 0 Å². The molecular weight excluding hydrogens is 236 g/mol. The molecule has 0 spiro atoms. The van der Waals surface area contributed by atoms with Crippen LogP contribution in [0.5, 0.6) is 0 Å². The van der Waals surface area contributed by atoms with E-state index in [1.54, 1.807) is 7.11 Å². The summed E-state index contributed by atoms with van der Waals surface area (Å²) in [5, 5.41) is 9.38. The van der Waals surface area contributed by atoms with Crippen LogP contribution in [0.4, 0.5) is 0 Å². The van der Waals surface area contributed by atoms with Crippen molar-refractivity contribution in [1.82, 2.24) is 4.90 Å². The van der Waals surface area contributed by atoms with Crippen LogP contribution in [0.15, 0.2) is 30.3 Å². The lowest BCUT2D eigenvalue weighted by molar-refractivity contribution is -0.00536. The molecule has 1 aromatic carbocycles. The van der Waals surface area contributed by atoms with Crippen molar-refractivity contribution < 1.29 is 4.74 Å². The van der Waals surface area contributed by atoms with Crippen LogP contribution in [0.25, 0.3) is 0 Å². The largest absolute Gasteiger partial charge is 0.380 e. The van der Waals surface area contributed by atoms with E-state index in [9.17, 15) is 5.26 Å². The van der Waals surface area contributed by atoms with Gasteiger partial charge in [-0.05, 0) is 24.4 Å². The molecule has 19 heavy (non-hydrogen) atoms. The van der Waals surface area contributed by atoms with Crippen LogP contribution in [-0.4, -0.2) is 37.7 Å². The molecule has 1 aliphatic heterocycles. The van der Waals surface area contributed by atoms with Gasteiger partial charge in [0.15, 0.2) is 0 Å². The molecular formula is C16H22N2O. The summed E-state index contributed by atoms with van der Waals surface area (Å²) in [7, 11) is 1.78. The molecule has 3 unspecified atom stereocenters. The number of hydrogen-bond donors (Lipinski definition) is 0. The molecule has 0 saturated carbocycles. The van der Waals surface area contributed by atoms with Crippen molar-refractivity contribution in [2.75, 3.05) is 26.7 Å².